The molecule has 1 aliphatic carbocycles. The van der Waals surface area contributed by atoms with Gasteiger partial charge >= 0.3 is 5.69 Å². The molecule has 1 saturated carbocycles. The molecular weight excluding hydrogens is 306 g/mol. The Morgan fingerprint density at radius 3 is 2.46 bits per heavy atom. The summed E-state index contributed by atoms with van der Waals surface area (Å²) >= 11 is 0. The summed E-state index contributed by atoms with van der Waals surface area (Å²) in [6.07, 6.45) is 2.31. The van der Waals surface area contributed by atoms with Crippen molar-refractivity contribution in [1.29, 1.82) is 0 Å². The molecule has 1 heterocycles. The molecule has 1 aliphatic rings. The third-order valence-corrected chi connectivity index (χ3v) is 5.44. The molecule has 24 heavy (non-hydrogen) atoms. The highest BCUT2D eigenvalue weighted by molar-refractivity contribution is 5.07. The standard InChI is InChI=1S/C18H31N3O3/c1-7-9-21(14-11-15(24-8-2)18(14,3)4)12-13-10-16(22)20(6)17(23)19(13)5/h10,14-15H,7-9,11-12H2,1-6H3/t14-,15+/m0/s1. The molecule has 1 aromatic heterocycles. The van der Waals surface area contributed by atoms with E-state index >= 15 is 0 Å². The third-order valence-electron chi connectivity index (χ3n) is 5.44. The molecule has 0 saturated heterocycles. The monoisotopic (exact) mass is 337 g/mol. The summed E-state index contributed by atoms with van der Waals surface area (Å²) in [5.74, 6) is 0. The minimum Gasteiger partial charge on any atom is -0.378 e. The molecule has 1 aromatic rings. The maximum Gasteiger partial charge on any atom is 0.330 e. The van der Waals surface area contributed by atoms with E-state index in [1.807, 2.05) is 6.92 Å². The summed E-state index contributed by atoms with van der Waals surface area (Å²) < 4.78 is 8.57. The van der Waals surface area contributed by atoms with Gasteiger partial charge in [0.05, 0.1) is 6.10 Å². The summed E-state index contributed by atoms with van der Waals surface area (Å²) in [4.78, 5) is 26.5. The van der Waals surface area contributed by atoms with Gasteiger partial charge in [-0.2, -0.15) is 0 Å². The number of ether oxygens (including phenoxy) is 1. The Kier molecular flexibility index (Phi) is 5.71. The van der Waals surface area contributed by atoms with Crippen molar-refractivity contribution in [3.63, 3.8) is 0 Å². The van der Waals surface area contributed by atoms with Crippen molar-refractivity contribution in [1.82, 2.24) is 14.0 Å². The lowest BCUT2D eigenvalue weighted by molar-refractivity contribution is -0.152. The summed E-state index contributed by atoms with van der Waals surface area (Å²) in [6.45, 7) is 11.0. The van der Waals surface area contributed by atoms with Crippen molar-refractivity contribution in [3.05, 3.63) is 32.6 Å². The fraction of sp³-hybridized carbons (Fsp3) is 0.778. The van der Waals surface area contributed by atoms with Crippen LogP contribution in [-0.4, -0.2) is 39.3 Å². The minimum absolute atomic E-state index is 0.0732. The zero-order valence-electron chi connectivity index (χ0n) is 15.8. The van der Waals surface area contributed by atoms with Gasteiger partial charge in [0.15, 0.2) is 0 Å². The molecule has 0 amide bonds. The molecule has 0 unspecified atom stereocenters. The van der Waals surface area contributed by atoms with Crippen molar-refractivity contribution in [2.75, 3.05) is 13.2 Å². The Balaban J connectivity index is 2.25. The first-order chi connectivity index (χ1) is 11.2. The molecule has 0 bridgehead atoms. The molecule has 0 radical (unpaired) electrons. The molecule has 1 fully saturated rings. The Morgan fingerprint density at radius 1 is 1.25 bits per heavy atom. The lowest BCUT2D eigenvalue weighted by Gasteiger charge is -2.56. The fourth-order valence-electron chi connectivity index (χ4n) is 3.74. The average Bonchev–Trinajstić information content (AvgIpc) is 2.53. The largest absolute Gasteiger partial charge is 0.378 e. The van der Waals surface area contributed by atoms with Crippen molar-refractivity contribution >= 4 is 0 Å². The number of nitrogens with zero attached hydrogens (tertiary/aromatic N) is 3. The average molecular weight is 337 g/mol. The van der Waals surface area contributed by atoms with Crippen LogP contribution in [-0.2, 0) is 25.4 Å². The summed E-state index contributed by atoms with van der Waals surface area (Å²) in [7, 11) is 3.25. The molecule has 0 N–H and O–H groups in total. The van der Waals surface area contributed by atoms with Gasteiger partial charge < -0.3 is 4.74 Å². The molecule has 0 aliphatic heterocycles. The lowest BCUT2D eigenvalue weighted by Crippen LogP contribution is -2.62. The highest BCUT2D eigenvalue weighted by Gasteiger charge is 2.51. The van der Waals surface area contributed by atoms with E-state index in [9.17, 15) is 9.59 Å². The van der Waals surface area contributed by atoms with Crippen molar-refractivity contribution < 1.29 is 4.74 Å². The smallest absolute Gasteiger partial charge is 0.330 e. The lowest BCUT2D eigenvalue weighted by atomic mass is 9.63. The van der Waals surface area contributed by atoms with Crippen LogP contribution in [0, 0.1) is 5.41 Å². The summed E-state index contributed by atoms with van der Waals surface area (Å²) in [5.41, 5.74) is 0.329. The predicted octanol–water partition coefficient (Wildman–Crippen LogP) is 1.50. The summed E-state index contributed by atoms with van der Waals surface area (Å²) in [6, 6.07) is 1.98. The van der Waals surface area contributed by atoms with Crippen molar-refractivity contribution in [2.45, 2.75) is 59.2 Å². The van der Waals surface area contributed by atoms with Crippen LogP contribution in [0.15, 0.2) is 15.7 Å². The van der Waals surface area contributed by atoms with Crippen molar-refractivity contribution in [3.8, 4) is 0 Å². The van der Waals surface area contributed by atoms with E-state index in [0.29, 0.717) is 12.6 Å². The van der Waals surface area contributed by atoms with Gasteiger partial charge in [0.2, 0.25) is 0 Å². The SMILES string of the molecule is CCCN(Cc1cc(=O)n(C)c(=O)n1C)[C@H]1C[C@@H](OCC)C1(C)C. The van der Waals surface area contributed by atoms with Crippen molar-refractivity contribution in [2.24, 2.45) is 19.5 Å². The first-order valence-corrected chi connectivity index (χ1v) is 8.85. The summed E-state index contributed by atoms with van der Waals surface area (Å²) in [5, 5.41) is 0. The van der Waals surface area contributed by atoms with Gasteiger partial charge in [-0.1, -0.05) is 20.8 Å². The molecule has 2 atom stereocenters. The van der Waals surface area contributed by atoms with Crippen LogP contribution in [0.5, 0.6) is 0 Å². The van der Waals surface area contributed by atoms with Gasteiger partial charge in [-0.3, -0.25) is 18.8 Å². The number of aromatic nitrogens is 2. The maximum atomic E-state index is 12.2. The first-order valence-electron chi connectivity index (χ1n) is 8.85. The van der Waals surface area contributed by atoms with Crippen LogP contribution in [0.4, 0.5) is 0 Å². The van der Waals surface area contributed by atoms with E-state index in [-0.39, 0.29) is 22.8 Å². The maximum absolute atomic E-state index is 12.2. The second-order valence-electron chi connectivity index (χ2n) is 7.36. The number of hydrogen-bond donors (Lipinski definition) is 0. The van der Waals surface area contributed by atoms with Crippen LogP contribution in [0.25, 0.3) is 0 Å². The normalized spacial score (nSPS) is 22.6. The number of hydrogen-bond acceptors (Lipinski definition) is 4. The Bertz CT molecular complexity index is 690. The van der Waals surface area contributed by atoms with E-state index in [4.69, 9.17) is 4.74 Å². The van der Waals surface area contributed by atoms with E-state index in [1.165, 1.54) is 7.05 Å². The second-order valence-corrected chi connectivity index (χ2v) is 7.36. The first kappa shape index (κ1) is 18.9. The highest BCUT2D eigenvalue weighted by Crippen LogP contribution is 2.46. The van der Waals surface area contributed by atoms with E-state index in [2.05, 4.69) is 25.7 Å². The minimum atomic E-state index is -0.269. The molecule has 0 spiro atoms. The molecule has 2 rings (SSSR count). The third kappa shape index (κ3) is 3.35. The van der Waals surface area contributed by atoms with Gasteiger partial charge in [0.25, 0.3) is 5.56 Å². The van der Waals surface area contributed by atoms with Crippen LogP contribution in [0.3, 0.4) is 0 Å². The molecule has 0 aromatic carbocycles. The van der Waals surface area contributed by atoms with Crippen LogP contribution < -0.4 is 11.2 Å². The molecule has 6 heteroatoms. The van der Waals surface area contributed by atoms with Gasteiger partial charge in [0.1, 0.15) is 0 Å². The Hall–Kier alpha value is -1.40. The van der Waals surface area contributed by atoms with Gasteiger partial charge in [-0.05, 0) is 26.3 Å². The zero-order chi connectivity index (χ0) is 18.1. The fourth-order valence-corrected chi connectivity index (χ4v) is 3.74. The Labute approximate surface area is 144 Å². The van der Waals surface area contributed by atoms with E-state index < -0.39 is 0 Å². The zero-order valence-corrected chi connectivity index (χ0v) is 15.8. The second kappa shape index (κ2) is 7.23. The topological polar surface area (TPSA) is 56.5 Å². The Morgan fingerprint density at radius 2 is 1.92 bits per heavy atom. The van der Waals surface area contributed by atoms with E-state index in [1.54, 1.807) is 17.7 Å². The molecule has 6 nitrogen and oxygen atoms in total. The van der Waals surface area contributed by atoms with Crippen LogP contribution in [0.2, 0.25) is 0 Å². The van der Waals surface area contributed by atoms with Gasteiger partial charge in [-0.25, -0.2) is 4.79 Å². The van der Waals surface area contributed by atoms with Crippen LogP contribution >= 0.6 is 0 Å². The molecular formula is C18H31N3O3. The quantitative estimate of drug-likeness (QED) is 0.757. The molecule has 136 valence electrons. The van der Waals surface area contributed by atoms with Gasteiger partial charge in [0, 0.05) is 50.5 Å². The van der Waals surface area contributed by atoms with E-state index in [0.717, 1.165) is 36.3 Å². The predicted molar refractivity (Wildman–Crippen MR) is 95.2 cm³/mol. The number of rotatable bonds is 7. The highest BCUT2D eigenvalue weighted by atomic mass is 16.5. The van der Waals surface area contributed by atoms with Gasteiger partial charge in [-0.15, -0.1) is 0 Å². The van der Waals surface area contributed by atoms with Crippen LogP contribution in [0.1, 0.15) is 46.2 Å².